The van der Waals surface area contributed by atoms with Crippen molar-refractivity contribution < 1.29 is 4.79 Å². The van der Waals surface area contributed by atoms with Crippen molar-refractivity contribution in [2.45, 2.75) is 12.8 Å². The molecule has 0 bridgehead atoms. The summed E-state index contributed by atoms with van der Waals surface area (Å²) in [5, 5.41) is 1.93. The number of carbonyl (C=O) groups is 1. The summed E-state index contributed by atoms with van der Waals surface area (Å²) >= 11 is 1.50. The molecule has 0 N–H and O–H groups in total. The molecular formula is C11H13NOS. The second-order valence-corrected chi connectivity index (χ2v) is 4.45. The molecule has 0 saturated carbocycles. The van der Waals surface area contributed by atoms with Crippen molar-refractivity contribution in [3.63, 3.8) is 0 Å². The van der Waals surface area contributed by atoms with Crippen LogP contribution in [0.5, 0.6) is 0 Å². The molecule has 2 rings (SSSR count). The first-order chi connectivity index (χ1) is 6.77. The predicted molar refractivity (Wildman–Crippen MR) is 58.6 cm³/mol. The van der Waals surface area contributed by atoms with Gasteiger partial charge < -0.3 is 4.90 Å². The number of hydrogen-bond acceptors (Lipinski definition) is 3. The van der Waals surface area contributed by atoms with Gasteiger partial charge in [-0.3, -0.25) is 4.79 Å². The zero-order valence-corrected chi connectivity index (χ0v) is 9.01. The summed E-state index contributed by atoms with van der Waals surface area (Å²) in [6.45, 7) is 1.07. The van der Waals surface area contributed by atoms with E-state index in [4.69, 9.17) is 0 Å². The van der Waals surface area contributed by atoms with Crippen molar-refractivity contribution in [3.8, 4) is 0 Å². The molecule has 0 unspecified atom stereocenters. The number of carbonyl (C=O) groups excluding carboxylic acids is 1. The highest BCUT2D eigenvalue weighted by Crippen LogP contribution is 2.20. The number of allylic oxidation sites excluding steroid dienone is 2. The van der Waals surface area contributed by atoms with Crippen molar-refractivity contribution in [3.05, 3.63) is 34.2 Å². The Balaban J connectivity index is 2.14. The molecule has 0 aliphatic carbocycles. The Morgan fingerprint density at radius 2 is 2.50 bits per heavy atom. The van der Waals surface area contributed by atoms with Crippen LogP contribution in [0.1, 0.15) is 22.5 Å². The minimum atomic E-state index is 0.142. The lowest BCUT2D eigenvalue weighted by molar-refractivity contribution is 0.104. The molecule has 1 aliphatic rings. The van der Waals surface area contributed by atoms with Crippen molar-refractivity contribution in [1.29, 1.82) is 0 Å². The highest BCUT2D eigenvalue weighted by atomic mass is 32.1. The van der Waals surface area contributed by atoms with E-state index in [2.05, 4.69) is 4.90 Å². The normalized spacial score (nSPS) is 19.2. The summed E-state index contributed by atoms with van der Waals surface area (Å²) in [6.07, 6.45) is 3.98. The summed E-state index contributed by atoms with van der Waals surface area (Å²) < 4.78 is 0. The van der Waals surface area contributed by atoms with Crippen LogP contribution in [-0.2, 0) is 0 Å². The van der Waals surface area contributed by atoms with Crippen LogP contribution < -0.4 is 0 Å². The SMILES string of the molecule is CN1CCC/C1=C\C(=O)c1cccs1. The standard InChI is InChI=1S/C11H13NOS/c1-12-6-2-4-9(12)8-10(13)11-5-3-7-14-11/h3,5,7-8H,2,4,6H2,1H3/b9-8+. The number of likely N-dealkylation sites (tertiary alicyclic amines) is 1. The smallest absolute Gasteiger partial charge is 0.197 e. The quantitative estimate of drug-likeness (QED) is 0.548. The first-order valence-corrected chi connectivity index (χ1v) is 5.65. The van der Waals surface area contributed by atoms with E-state index in [9.17, 15) is 4.79 Å². The molecule has 0 atom stereocenters. The molecule has 14 heavy (non-hydrogen) atoms. The third-order valence-corrected chi connectivity index (χ3v) is 3.36. The Morgan fingerprint density at radius 3 is 3.07 bits per heavy atom. The minimum Gasteiger partial charge on any atom is -0.378 e. The van der Waals surface area contributed by atoms with Gasteiger partial charge in [0, 0.05) is 25.4 Å². The van der Waals surface area contributed by atoms with Crippen LogP contribution in [0.2, 0.25) is 0 Å². The maximum absolute atomic E-state index is 11.7. The molecule has 2 nitrogen and oxygen atoms in total. The van der Waals surface area contributed by atoms with E-state index in [1.807, 2.05) is 24.6 Å². The van der Waals surface area contributed by atoms with Gasteiger partial charge in [0.1, 0.15) is 0 Å². The van der Waals surface area contributed by atoms with E-state index in [0.717, 1.165) is 17.8 Å². The van der Waals surface area contributed by atoms with Gasteiger partial charge in [-0.15, -0.1) is 11.3 Å². The largest absolute Gasteiger partial charge is 0.378 e. The van der Waals surface area contributed by atoms with E-state index in [1.165, 1.54) is 23.5 Å². The fourth-order valence-corrected chi connectivity index (χ4v) is 2.29. The van der Waals surface area contributed by atoms with E-state index in [-0.39, 0.29) is 5.78 Å². The minimum absolute atomic E-state index is 0.142. The number of hydrogen-bond donors (Lipinski definition) is 0. The molecule has 0 radical (unpaired) electrons. The van der Waals surface area contributed by atoms with Gasteiger partial charge in [-0.2, -0.15) is 0 Å². The van der Waals surface area contributed by atoms with Crippen LogP contribution in [0, 0.1) is 0 Å². The molecule has 2 heterocycles. The Labute approximate surface area is 87.9 Å². The fraction of sp³-hybridized carbons (Fsp3) is 0.364. The molecule has 1 saturated heterocycles. The Hall–Kier alpha value is -1.09. The van der Waals surface area contributed by atoms with Crippen LogP contribution in [0.15, 0.2) is 29.3 Å². The Kier molecular flexibility index (Phi) is 2.68. The highest BCUT2D eigenvalue weighted by molar-refractivity contribution is 7.12. The topological polar surface area (TPSA) is 20.3 Å². The van der Waals surface area contributed by atoms with Crippen LogP contribution in [0.4, 0.5) is 0 Å². The summed E-state index contributed by atoms with van der Waals surface area (Å²) in [4.78, 5) is 14.7. The molecule has 0 spiro atoms. The molecule has 1 aliphatic heterocycles. The van der Waals surface area contributed by atoms with E-state index in [0.29, 0.717) is 0 Å². The van der Waals surface area contributed by atoms with Crippen molar-refractivity contribution in [2.24, 2.45) is 0 Å². The summed E-state index contributed by atoms with van der Waals surface area (Å²) in [7, 11) is 2.04. The molecule has 0 aromatic carbocycles. The molecule has 0 amide bonds. The van der Waals surface area contributed by atoms with Crippen molar-refractivity contribution in [2.75, 3.05) is 13.6 Å². The molecule has 1 aromatic heterocycles. The number of rotatable bonds is 2. The van der Waals surface area contributed by atoms with Gasteiger partial charge in [-0.1, -0.05) is 6.07 Å². The third kappa shape index (κ3) is 1.87. The molecule has 3 heteroatoms. The van der Waals surface area contributed by atoms with Crippen LogP contribution in [0.25, 0.3) is 0 Å². The van der Waals surface area contributed by atoms with Gasteiger partial charge >= 0.3 is 0 Å². The summed E-state index contributed by atoms with van der Waals surface area (Å²) in [5.74, 6) is 0.142. The average Bonchev–Trinajstić information content (AvgIpc) is 2.77. The molecular weight excluding hydrogens is 194 g/mol. The predicted octanol–water partition coefficient (Wildman–Crippen LogP) is 2.54. The maximum atomic E-state index is 11.7. The van der Waals surface area contributed by atoms with Gasteiger partial charge in [0.05, 0.1) is 4.88 Å². The second-order valence-electron chi connectivity index (χ2n) is 3.50. The number of thiophene rings is 1. The second kappa shape index (κ2) is 3.96. The van der Waals surface area contributed by atoms with Gasteiger partial charge in [0.15, 0.2) is 5.78 Å². The van der Waals surface area contributed by atoms with Crippen LogP contribution >= 0.6 is 11.3 Å². The van der Waals surface area contributed by atoms with Crippen LogP contribution in [0.3, 0.4) is 0 Å². The lowest BCUT2D eigenvalue weighted by Crippen LogP contribution is -2.11. The van der Waals surface area contributed by atoms with E-state index in [1.54, 1.807) is 6.08 Å². The molecule has 1 aromatic rings. The number of ketones is 1. The van der Waals surface area contributed by atoms with Gasteiger partial charge in [-0.25, -0.2) is 0 Å². The first kappa shape index (κ1) is 9.46. The van der Waals surface area contributed by atoms with Gasteiger partial charge in [-0.05, 0) is 24.3 Å². The lowest BCUT2D eigenvalue weighted by atomic mass is 10.2. The van der Waals surface area contributed by atoms with Gasteiger partial charge in [0.2, 0.25) is 0 Å². The van der Waals surface area contributed by atoms with Crippen molar-refractivity contribution >= 4 is 17.1 Å². The fourth-order valence-electron chi connectivity index (χ4n) is 1.66. The zero-order valence-electron chi connectivity index (χ0n) is 8.19. The summed E-state index contributed by atoms with van der Waals surface area (Å²) in [6, 6.07) is 3.79. The monoisotopic (exact) mass is 207 g/mol. The average molecular weight is 207 g/mol. The maximum Gasteiger partial charge on any atom is 0.197 e. The lowest BCUT2D eigenvalue weighted by Gasteiger charge is -2.11. The van der Waals surface area contributed by atoms with E-state index >= 15 is 0 Å². The summed E-state index contributed by atoms with van der Waals surface area (Å²) in [5.41, 5.74) is 1.17. The van der Waals surface area contributed by atoms with Gasteiger partial charge in [0.25, 0.3) is 0 Å². The van der Waals surface area contributed by atoms with Crippen LogP contribution in [-0.4, -0.2) is 24.3 Å². The highest BCUT2D eigenvalue weighted by Gasteiger charge is 2.14. The Bertz CT molecular complexity index is 353. The Morgan fingerprint density at radius 1 is 1.64 bits per heavy atom. The van der Waals surface area contributed by atoms with Crippen molar-refractivity contribution in [1.82, 2.24) is 4.90 Å². The molecule has 1 fully saturated rings. The number of nitrogens with zero attached hydrogens (tertiary/aromatic N) is 1. The molecule has 74 valence electrons. The zero-order chi connectivity index (χ0) is 9.97. The van der Waals surface area contributed by atoms with E-state index < -0.39 is 0 Å². The third-order valence-electron chi connectivity index (χ3n) is 2.48. The first-order valence-electron chi connectivity index (χ1n) is 4.77.